The molecule has 22 heavy (non-hydrogen) atoms. The van der Waals surface area contributed by atoms with Gasteiger partial charge < -0.3 is 10.1 Å². The number of anilines is 1. The normalized spacial score (nSPS) is 21.3. The third kappa shape index (κ3) is 3.14. The molecule has 1 aromatic rings. The Morgan fingerprint density at radius 1 is 1.32 bits per heavy atom. The second-order valence-corrected chi connectivity index (χ2v) is 6.10. The third-order valence-corrected chi connectivity index (χ3v) is 4.11. The van der Waals surface area contributed by atoms with Gasteiger partial charge in [-0.05, 0) is 50.5 Å². The standard InChI is InChI=1S/C17H24N2O3/c1-12-9-13(2)11-14(10-12)19-15(20)5-6-17(19,3)16(21)18-7-8-22-4/h9-11H,5-8H2,1-4H3,(H,18,21)/t17-/m0/s1. The molecular formula is C17H24N2O3. The van der Waals surface area contributed by atoms with Crippen molar-refractivity contribution in [3.63, 3.8) is 0 Å². The molecule has 0 unspecified atom stereocenters. The molecule has 1 saturated heterocycles. The first-order valence-electron chi connectivity index (χ1n) is 7.57. The maximum absolute atomic E-state index is 12.6. The topological polar surface area (TPSA) is 58.6 Å². The number of carbonyl (C=O) groups is 2. The van der Waals surface area contributed by atoms with Gasteiger partial charge >= 0.3 is 0 Å². The number of amides is 2. The van der Waals surface area contributed by atoms with E-state index < -0.39 is 5.54 Å². The number of nitrogens with one attached hydrogen (secondary N) is 1. The van der Waals surface area contributed by atoms with Crippen molar-refractivity contribution in [1.29, 1.82) is 0 Å². The van der Waals surface area contributed by atoms with Crippen LogP contribution < -0.4 is 10.2 Å². The number of ether oxygens (including phenoxy) is 1. The quantitative estimate of drug-likeness (QED) is 0.846. The number of methoxy groups -OCH3 is 1. The van der Waals surface area contributed by atoms with E-state index in [1.807, 2.05) is 32.9 Å². The first-order valence-corrected chi connectivity index (χ1v) is 7.57. The predicted octanol–water partition coefficient (Wildman–Crippen LogP) is 1.95. The maximum Gasteiger partial charge on any atom is 0.246 e. The lowest BCUT2D eigenvalue weighted by Gasteiger charge is -2.34. The number of benzene rings is 1. The first-order chi connectivity index (χ1) is 10.4. The van der Waals surface area contributed by atoms with E-state index in [2.05, 4.69) is 11.4 Å². The second kappa shape index (κ2) is 6.48. The monoisotopic (exact) mass is 304 g/mol. The minimum Gasteiger partial charge on any atom is -0.383 e. The van der Waals surface area contributed by atoms with Crippen LogP contribution in [0.2, 0.25) is 0 Å². The van der Waals surface area contributed by atoms with Gasteiger partial charge in [0.25, 0.3) is 0 Å². The van der Waals surface area contributed by atoms with E-state index in [1.54, 1.807) is 12.0 Å². The number of nitrogens with zero attached hydrogens (tertiary/aromatic N) is 1. The first kappa shape index (κ1) is 16.5. The number of rotatable bonds is 5. The van der Waals surface area contributed by atoms with Gasteiger partial charge in [-0.1, -0.05) is 6.07 Å². The molecule has 1 fully saturated rings. The fraction of sp³-hybridized carbons (Fsp3) is 0.529. The second-order valence-electron chi connectivity index (χ2n) is 6.10. The highest BCUT2D eigenvalue weighted by atomic mass is 16.5. The van der Waals surface area contributed by atoms with Crippen LogP contribution in [0.15, 0.2) is 18.2 Å². The van der Waals surface area contributed by atoms with Crippen molar-refractivity contribution in [3.05, 3.63) is 29.3 Å². The van der Waals surface area contributed by atoms with E-state index in [0.717, 1.165) is 16.8 Å². The minimum atomic E-state index is -0.842. The Balaban J connectivity index is 2.30. The van der Waals surface area contributed by atoms with Crippen LogP contribution >= 0.6 is 0 Å². The molecule has 2 rings (SSSR count). The summed E-state index contributed by atoms with van der Waals surface area (Å²) in [5, 5.41) is 2.86. The highest BCUT2D eigenvalue weighted by Gasteiger charge is 2.48. The summed E-state index contributed by atoms with van der Waals surface area (Å²) >= 11 is 0. The van der Waals surface area contributed by atoms with Crippen molar-refractivity contribution >= 4 is 17.5 Å². The van der Waals surface area contributed by atoms with Crippen molar-refractivity contribution in [3.8, 4) is 0 Å². The zero-order chi connectivity index (χ0) is 16.3. The lowest BCUT2D eigenvalue weighted by atomic mass is 9.96. The van der Waals surface area contributed by atoms with Crippen molar-refractivity contribution in [2.24, 2.45) is 0 Å². The molecule has 2 amide bonds. The van der Waals surface area contributed by atoms with E-state index >= 15 is 0 Å². The zero-order valence-corrected chi connectivity index (χ0v) is 13.7. The van der Waals surface area contributed by atoms with Crippen LogP contribution in [0.25, 0.3) is 0 Å². The van der Waals surface area contributed by atoms with Crippen LogP contribution in [0.1, 0.15) is 30.9 Å². The van der Waals surface area contributed by atoms with Gasteiger partial charge in [0.1, 0.15) is 5.54 Å². The Labute approximate surface area is 131 Å². The zero-order valence-electron chi connectivity index (χ0n) is 13.7. The Hall–Kier alpha value is -1.88. The minimum absolute atomic E-state index is 0.00519. The Morgan fingerprint density at radius 3 is 2.55 bits per heavy atom. The van der Waals surface area contributed by atoms with Crippen molar-refractivity contribution in [1.82, 2.24) is 5.32 Å². The van der Waals surface area contributed by atoms with Crippen LogP contribution in [0.3, 0.4) is 0 Å². The fourth-order valence-corrected chi connectivity index (χ4v) is 3.03. The number of hydrogen-bond donors (Lipinski definition) is 1. The molecule has 0 radical (unpaired) electrons. The van der Waals surface area contributed by atoms with E-state index in [9.17, 15) is 9.59 Å². The molecule has 0 spiro atoms. The summed E-state index contributed by atoms with van der Waals surface area (Å²) in [4.78, 5) is 26.6. The van der Waals surface area contributed by atoms with E-state index in [0.29, 0.717) is 26.0 Å². The average Bonchev–Trinajstić information content (AvgIpc) is 2.74. The highest BCUT2D eigenvalue weighted by Crippen LogP contribution is 2.36. The molecule has 120 valence electrons. The SMILES string of the molecule is COCCNC(=O)[C@]1(C)CCC(=O)N1c1cc(C)cc(C)c1. The van der Waals surface area contributed by atoms with Gasteiger partial charge in [-0.3, -0.25) is 14.5 Å². The van der Waals surface area contributed by atoms with E-state index in [4.69, 9.17) is 4.74 Å². The van der Waals surface area contributed by atoms with Crippen LogP contribution in [0.4, 0.5) is 5.69 Å². The molecule has 0 aliphatic carbocycles. The molecular weight excluding hydrogens is 280 g/mol. The van der Waals surface area contributed by atoms with Gasteiger partial charge in [-0.15, -0.1) is 0 Å². The molecule has 1 heterocycles. The van der Waals surface area contributed by atoms with Crippen molar-refractivity contribution in [2.45, 2.75) is 39.2 Å². The largest absolute Gasteiger partial charge is 0.383 e. The molecule has 5 nitrogen and oxygen atoms in total. The molecule has 0 saturated carbocycles. The summed E-state index contributed by atoms with van der Waals surface area (Å²) in [6, 6.07) is 5.97. The Kier molecular flexibility index (Phi) is 4.86. The van der Waals surface area contributed by atoms with Gasteiger partial charge in [-0.25, -0.2) is 0 Å². The van der Waals surface area contributed by atoms with Crippen molar-refractivity contribution in [2.75, 3.05) is 25.2 Å². The summed E-state index contributed by atoms with van der Waals surface area (Å²) < 4.78 is 4.96. The van der Waals surface area contributed by atoms with Crippen LogP contribution in [0.5, 0.6) is 0 Å². The number of hydrogen-bond acceptors (Lipinski definition) is 3. The fourth-order valence-electron chi connectivity index (χ4n) is 3.03. The lowest BCUT2D eigenvalue weighted by molar-refractivity contribution is -0.127. The molecule has 1 aliphatic heterocycles. The van der Waals surface area contributed by atoms with Gasteiger partial charge in [0, 0.05) is 25.8 Å². The Bertz CT molecular complexity index is 565. The van der Waals surface area contributed by atoms with Crippen LogP contribution in [-0.4, -0.2) is 37.6 Å². The summed E-state index contributed by atoms with van der Waals surface area (Å²) in [5.74, 6) is -0.135. The molecule has 1 aromatic carbocycles. The van der Waals surface area contributed by atoms with E-state index in [1.165, 1.54) is 0 Å². The summed E-state index contributed by atoms with van der Waals surface area (Å²) in [7, 11) is 1.59. The Morgan fingerprint density at radius 2 is 1.95 bits per heavy atom. The molecule has 1 N–H and O–H groups in total. The molecule has 5 heteroatoms. The molecule has 0 bridgehead atoms. The molecule has 1 atom stereocenters. The average molecular weight is 304 g/mol. The van der Waals surface area contributed by atoms with Crippen LogP contribution in [0, 0.1) is 13.8 Å². The predicted molar refractivity (Wildman–Crippen MR) is 85.9 cm³/mol. The lowest BCUT2D eigenvalue weighted by Crippen LogP contribution is -2.55. The van der Waals surface area contributed by atoms with Gasteiger partial charge in [0.2, 0.25) is 11.8 Å². The van der Waals surface area contributed by atoms with Gasteiger partial charge in [-0.2, -0.15) is 0 Å². The molecule has 0 aromatic heterocycles. The third-order valence-electron chi connectivity index (χ3n) is 4.11. The van der Waals surface area contributed by atoms with Gasteiger partial charge in [0.05, 0.1) is 6.61 Å². The molecule has 1 aliphatic rings. The summed E-state index contributed by atoms with van der Waals surface area (Å²) in [5.41, 5.74) is 2.11. The maximum atomic E-state index is 12.6. The van der Waals surface area contributed by atoms with Crippen molar-refractivity contribution < 1.29 is 14.3 Å². The number of carbonyl (C=O) groups excluding carboxylic acids is 2. The van der Waals surface area contributed by atoms with Gasteiger partial charge in [0.15, 0.2) is 0 Å². The van der Waals surface area contributed by atoms with Crippen LogP contribution in [-0.2, 0) is 14.3 Å². The highest BCUT2D eigenvalue weighted by molar-refractivity contribution is 6.06. The summed E-state index contributed by atoms with van der Waals surface area (Å²) in [6.45, 7) is 6.72. The number of aryl methyl sites for hydroxylation is 2. The summed E-state index contributed by atoms with van der Waals surface area (Å²) in [6.07, 6.45) is 0.916. The smallest absolute Gasteiger partial charge is 0.246 e. The van der Waals surface area contributed by atoms with E-state index in [-0.39, 0.29) is 11.8 Å².